The molecular weight excluding hydrogens is 793 g/mol. The summed E-state index contributed by atoms with van der Waals surface area (Å²) in [6, 6.07) is 0. The SMILES string of the molecule is CC/C=C\C/C=C\C/C=C\CCCCCCCC(=O)OC(COC(=O)CCCCCCC/C=C\CCCC)COC(=O)CCCCCCCCCCCCCCCCCCCCCC. The van der Waals surface area contributed by atoms with E-state index in [0.717, 1.165) is 103 Å². The van der Waals surface area contributed by atoms with Crippen LogP contribution in [0, 0.1) is 0 Å². The molecule has 0 spiro atoms. The van der Waals surface area contributed by atoms with E-state index in [1.54, 1.807) is 0 Å². The monoisotopic (exact) mass is 897 g/mol. The van der Waals surface area contributed by atoms with Gasteiger partial charge in [0.2, 0.25) is 0 Å². The van der Waals surface area contributed by atoms with Crippen molar-refractivity contribution in [2.24, 2.45) is 0 Å². The fourth-order valence-corrected chi connectivity index (χ4v) is 7.91. The van der Waals surface area contributed by atoms with Crippen LogP contribution >= 0.6 is 0 Å². The summed E-state index contributed by atoms with van der Waals surface area (Å²) in [6.45, 7) is 6.50. The van der Waals surface area contributed by atoms with Crippen LogP contribution in [-0.4, -0.2) is 37.2 Å². The molecule has 0 bridgehead atoms. The predicted molar refractivity (Wildman–Crippen MR) is 275 cm³/mol. The van der Waals surface area contributed by atoms with Crippen LogP contribution in [0.1, 0.15) is 284 Å². The molecule has 0 heterocycles. The molecule has 0 aromatic heterocycles. The molecule has 0 radical (unpaired) electrons. The van der Waals surface area contributed by atoms with E-state index < -0.39 is 6.10 Å². The standard InChI is InChI=1S/C58H104O6/c1-4-7-10-13-16-19-22-24-26-27-28-29-30-32-33-36-39-42-45-48-51-57(60)63-54-55(53-62-56(59)50-47-44-41-38-35-21-18-15-12-9-6-3)64-58(61)52-49-46-43-40-37-34-31-25-23-20-17-14-11-8-5-2/h8,11,15,17-18,20,25,31,55H,4-7,9-10,12-14,16,19,21-24,26-30,32-54H2,1-3H3/b11-8-,18-15-,20-17-,31-25-. The lowest BCUT2D eigenvalue weighted by Gasteiger charge is -2.18. The summed E-state index contributed by atoms with van der Waals surface area (Å²) in [5.41, 5.74) is 0. The van der Waals surface area contributed by atoms with Crippen molar-refractivity contribution >= 4 is 17.9 Å². The topological polar surface area (TPSA) is 78.9 Å². The average Bonchev–Trinajstić information content (AvgIpc) is 3.29. The highest BCUT2D eigenvalue weighted by Crippen LogP contribution is 2.16. The maximum Gasteiger partial charge on any atom is 0.306 e. The van der Waals surface area contributed by atoms with Crippen molar-refractivity contribution in [3.8, 4) is 0 Å². The number of ether oxygens (including phenoxy) is 3. The van der Waals surface area contributed by atoms with Crippen LogP contribution in [0.5, 0.6) is 0 Å². The Hall–Kier alpha value is -2.63. The number of carbonyl (C=O) groups is 3. The molecule has 6 heteroatoms. The van der Waals surface area contributed by atoms with Crippen LogP contribution in [0.15, 0.2) is 48.6 Å². The molecule has 0 saturated heterocycles. The van der Waals surface area contributed by atoms with Gasteiger partial charge < -0.3 is 14.2 Å². The maximum absolute atomic E-state index is 12.8. The van der Waals surface area contributed by atoms with Crippen LogP contribution in [0.25, 0.3) is 0 Å². The van der Waals surface area contributed by atoms with Gasteiger partial charge in [-0.05, 0) is 70.6 Å². The molecule has 0 fully saturated rings. The number of hydrogen-bond acceptors (Lipinski definition) is 6. The first-order valence-electron chi connectivity index (χ1n) is 27.6. The third-order valence-electron chi connectivity index (χ3n) is 12.1. The van der Waals surface area contributed by atoms with Gasteiger partial charge in [-0.1, -0.05) is 243 Å². The Kier molecular flexibility index (Phi) is 50.8. The van der Waals surface area contributed by atoms with E-state index in [-0.39, 0.29) is 31.1 Å². The van der Waals surface area contributed by atoms with Gasteiger partial charge in [0.1, 0.15) is 13.2 Å². The van der Waals surface area contributed by atoms with Crippen LogP contribution < -0.4 is 0 Å². The van der Waals surface area contributed by atoms with Gasteiger partial charge in [-0.15, -0.1) is 0 Å². The first-order valence-corrected chi connectivity index (χ1v) is 27.6. The van der Waals surface area contributed by atoms with Crippen molar-refractivity contribution in [2.45, 2.75) is 290 Å². The zero-order valence-electron chi connectivity index (χ0n) is 42.6. The van der Waals surface area contributed by atoms with E-state index >= 15 is 0 Å². The summed E-state index contributed by atoms with van der Waals surface area (Å²) in [5, 5.41) is 0. The summed E-state index contributed by atoms with van der Waals surface area (Å²) in [6.07, 6.45) is 63.9. The van der Waals surface area contributed by atoms with E-state index in [2.05, 4.69) is 69.4 Å². The van der Waals surface area contributed by atoms with Gasteiger partial charge in [-0.25, -0.2) is 0 Å². The Morgan fingerprint density at radius 3 is 1.02 bits per heavy atom. The van der Waals surface area contributed by atoms with Crippen LogP contribution in [0.4, 0.5) is 0 Å². The molecular formula is C58H104O6. The van der Waals surface area contributed by atoms with Crippen LogP contribution in [-0.2, 0) is 28.6 Å². The Labute approximate surface area is 397 Å². The van der Waals surface area contributed by atoms with Gasteiger partial charge in [0, 0.05) is 19.3 Å². The third kappa shape index (κ3) is 50.4. The highest BCUT2D eigenvalue weighted by atomic mass is 16.6. The normalized spacial score (nSPS) is 12.4. The second kappa shape index (κ2) is 53.0. The average molecular weight is 897 g/mol. The number of esters is 3. The number of carbonyl (C=O) groups excluding carboxylic acids is 3. The smallest absolute Gasteiger partial charge is 0.306 e. The largest absolute Gasteiger partial charge is 0.462 e. The quantitative estimate of drug-likeness (QED) is 0.0262. The van der Waals surface area contributed by atoms with Gasteiger partial charge in [0.05, 0.1) is 0 Å². The zero-order chi connectivity index (χ0) is 46.5. The Balaban J connectivity index is 4.30. The van der Waals surface area contributed by atoms with Crippen molar-refractivity contribution in [2.75, 3.05) is 13.2 Å². The summed E-state index contributed by atoms with van der Waals surface area (Å²) in [7, 11) is 0. The molecule has 1 unspecified atom stereocenters. The summed E-state index contributed by atoms with van der Waals surface area (Å²) in [4.78, 5) is 38.0. The molecule has 0 aliphatic carbocycles. The molecule has 0 amide bonds. The van der Waals surface area contributed by atoms with E-state index in [4.69, 9.17) is 14.2 Å². The van der Waals surface area contributed by atoms with E-state index in [0.29, 0.717) is 19.3 Å². The van der Waals surface area contributed by atoms with Crippen LogP contribution in [0.3, 0.4) is 0 Å². The van der Waals surface area contributed by atoms with Gasteiger partial charge in [-0.3, -0.25) is 14.4 Å². The highest BCUT2D eigenvalue weighted by Gasteiger charge is 2.19. The van der Waals surface area contributed by atoms with Crippen molar-refractivity contribution in [3.63, 3.8) is 0 Å². The number of unbranched alkanes of at least 4 members (excludes halogenated alkanes) is 31. The highest BCUT2D eigenvalue weighted by molar-refractivity contribution is 5.71. The summed E-state index contributed by atoms with van der Waals surface area (Å²) < 4.78 is 16.8. The zero-order valence-corrected chi connectivity index (χ0v) is 42.6. The van der Waals surface area contributed by atoms with Crippen molar-refractivity contribution < 1.29 is 28.6 Å². The minimum atomic E-state index is -0.782. The molecule has 0 saturated carbocycles. The number of rotatable bonds is 50. The lowest BCUT2D eigenvalue weighted by atomic mass is 10.0. The van der Waals surface area contributed by atoms with Crippen molar-refractivity contribution in [3.05, 3.63) is 48.6 Å². The molecule has 64 heavy (non-hydrogen) atoms. The second-order valence-corrected chi connectivity index (χ2v) is 18.5. The minimum absolute atomic E-state index is 0.0802. The van der Waals surface area contributed by atoms with E-state index in [1.807, 2.05) is 0 Å². The summed E-state index contributed by atoms with van der Waals surface area (Å²) in [5.74, 6) is -0.897. The maximum atomic E-state index is 12.8. The second-order valence-electron chi connectivity index (χ2n) is 18.5. The first-order chi connectivity index (χ1) is 31.5. The minimum Gasteiger partial charge on any atom is -0.462 e. The Bertz CT molecular complexity index is 1120. The molecule has 0 N–H and O–H groups in total. The number of hydrogen-bond donors (Lipinski definition) is 0. The lowest BCUT2D eigenvalue weighted by molar-refractivity contribution is -0.167. The summed E-state index contributed by atoms with van der Waals surface area (Å²) >= 11 is 0. The van der Waals surface area contributed by atoms with Crippen molar-refractivity contribution in [1.29, 1.82) is 0 Å². The molecule has 0 aromatic carbocycles. The lowest BCUT2D eigenvalue weighted by Crippen LogP contribution is -2.30. The number of allylic oxidation sites excluding steroid dienone is 8. The fraction of sp³-hybridized carbons (Fsp3) is 0.810. The van der Waals surface area contributed by atoms with Crippen LogP contribution in [0.2, 0.25) is 0 Å². The molecule has 1 atom stereocenters. The van der Waals surface area contributed by atoms with Gasteiger partial charge in [0.25, 0.3) is 0 Å². The van der Waals surface area contributed by atoms with E-state index in [1.165, 1.54) is 141 Å². The molecule has 0 aromatic rings. The predicted octanol–water partition coefficient (Wildman–Crippen LogP) is 18.3. The molecule has 0 rings (SSSR count). The third-order valence-corrected chi connectivity index (χ3v) is 12.1. The molecule has 372 valence electrons. The van der Waals surface area contributed by atoms with E-state index in [9.17, 15) is 14.4 Å². The molecule has 0 aliphatic rings. The van der Waals surface area contributed by atoms with Gasteiger partial charge in [0.15, 0.2) is 6.10 Å². The van der Waals surface area contributed by atoms with Gasteiger partial charge >= 0.3 is 17.9 Å². The Morgan fingerprint density at radius 2 is 0.625 bits per heavy atom. The van der Waals surface area contributed by atoms with Crippen molar-refractivity contribution in [1.82, 2.24) is 0 Å². The Morgan fingerprint density at radius 1 is 0.328 bits per heavy atom. The molecule has 0 aliphatic heterocycles. The van der Waals surface area contributed by atoms with Gasteiger partial charge in [-0.2, -0.15) is 0 Å². The molecule has 6 nitrogen and oxygen atoms in total. The fourth-order valence-electron chi connectivity index (χ4n) is 7.91. The first kappa shape index (κ1) is 61.4.